The molecule has 2 heterocycles. The molecule has 1 atom stereocenters. The summed E-state index contributed by atoms with van der Waals surface area (Å²) >= 11 is 0. The van der Waals surface area contributed by atoms with Crippen LogP contribution in [0.2, 0.25) is 0 Å². The molecule has 2 aromatic rings. The monoisotopic (exact) mass is 311 g/mol. The lowest BCUT2D eigenvalue weighted by Crippen LogP contribution is -2.53. The van der Waals surface area contributed by atoms with Crippen molar-refractivity contribution in [1.82, 2.24) is 9.88 Å². The Labute approximate surface area is 135 Å². The van der Waals surface area contributed by atoms with E-state index in [0.717, 1.165) is 17.2 Å². The molecule has 1 N–H and O–H groups in total. The van der Waals surface area contributed by atoms with Gasteiger partial charge in [0.15, 0.2) is 0 Å². The maximum Gasteiger partial charge on any atom is 0.251 e. The van der Waals surface area contributed by atoms with Crippen LogP contribution in [-0.4, -0.2) is 33.8 Å². The maximum absolute atomic E-state index is 12.9. The summed E-state index contributed by atoms with van der Waals surface area (Å²) in [5, 5.41) is 4.86. The minimum atomic E-state index is -0.800. The van der Waals surface area contributed by atoms with Gasteiger partial charge >= 0.3 is 0 Å². The predicted octanol–water partition coefficient (Wildman–Crippen LogP) is 2.96. The summed E-state index contributed by atoms with van der Waals surface area (Å²) in [6.45, 7) is 4.30. The van der Waals surface area contributed by atoms with E-state index in [2.05, 4.69) is 10.3 Å². The van der Waals surface area contributed by atoms with E-state index in [0.29, 0.717) is 25.2 Å². The number of nitrogens with zero attached hydrogens (tertiary/aromatic N) is 2. The van der Waals surface area contributed by atoms with E-state index < -0.39 is 5.54 Å². The van der Waals surface area contributed by atoms with Gasteiger partial charge in [0.2, 0.25) is 5.91 Å². The lowest BCUT2D eigenvalue weighted by Gasteiger charge is -2.33. The zero-order chi connectivity index (χ0) is 16.4. The molecule has 1 saturated heterocycles. The Hall–Kier alpha value is -2.43. The normalized spacial score (nSPS) is 20.7. The van der Waals surface area contributed by atoms with Crippen molar-refractivity contribution in [3.63, 3.8) is 0 Å². The van der Waals surface area contributed by atoms with Crippen LogP contribution in [0.4, 0.5) is 5.82 Å². The SMILES string of the molecule is CCC(=O)N1CCCC1(C)C(=O)Nc1nccc2ccccc12. The average molecular weight is 311 g/mol. The van der Waals surface area contributed by atoms with Gasteiger partial charge in [0.25, 0.3) is 5.91 Å². The highest BCUT2D eigenvalue weighted by molar-refractivity contribution is 6.05. The fourth-order valence-electron chi connectivity index (χ4n) is 3.25. The fourth-order valence-corrected chi connectivity index (χ4v) is 3.25. The first-order valence-corrected chi connectivity index (χ1v) is 8.02. The highest BCUT2D eigenvalue weighted by Gasteiger charge is 2.45. The molecule has 3 rings (SSSR count). The number of benzene rings is 1. The second kappa shape index (κ2) is 5.99. The van der Waals surface area contributed by atoms with Crippen LogP contribution in [0.1, 0.15) is 33.1 Å². The molecule has 1 fully saturated rings. The first-order chi connectivity index (χ1) is 11.1. The molecule has 0 radical (unpaired) electrons. The number of amides is 2. The van der Waals surface area contributed by atoms with Gasteiger partial charge in [-0.15, -0.1) is 0 Å². The van der Waals surface area contributed by atoms with Crippen LogP contribution < -0.4 is 5.32 Å². The molecule has 0 aliphatic carbocycles. The zero-order valence-electron chi connectivity index (χ0n) is 13.5. The third kappa shape index (κ3) is 2.67. The Morgan fingerprint density at radius 1 is 1.30 bits per heavy atom. The highest BCUT2D eigenvalue weighted by atomic mass is 16.2. The highest BCUT2D eigenvalue weighted by Crippen LogP contribution is 2.31. The van der Waals surface area contributed by atoms with Crippen molar-refractivity contribution in [2.45, 2.75) is 38.6 Å². The molecule has 1 aromatic heterocycles. The molecule has 120 valence electrons. The number of hydrogen-bond acceptors (Lipinski definition) is 3. The molecule has 2 amide bonds. The van der Waals surface area contributed by atoms with E-state index in [4.69, 9.17) is 0 Å². The number of anilines is 1. The van der Waals surface area contributed by atoms with Crippen molar-refractivity contribution in [3.8, 4) is 0 Å². The van der Waals surface area contributed by atoms with Gasteiger partial charge in [-0.2, -0.15) is 0 Å². The summed E-state index contributed by atoms with van der Waals surface area (Å²) in [6, 6.07) is 9.70. The van der Waals surface area contributed by atoms with Gasteiger partial charge in [-0.05, 0) is 31.2 Å². The lowest BCUT2D eigenvalue weighted by molar-refractivity contribution is -0.141. The van der Waals surface area contributed by atoms with E-state index >= 15 is 0 Å². The van der Waals surface area contributed by atoms with E-state index in [1.807, 2.05) is 44.2 Å². The third-order valence-corrected chi connectivity index (χ3v) is 4.64. The van der Waals surface area contributed by atoms with E-state index in [1.54, 1.807) is 11.1 Å². The van der Waals surface area contributed by atoms with Crippen LogP contribution in [0.15, 0.2) is 36.5 Å². The zero-order valence-corrected chi connectivity index (χ0v) is 13.5. The van der Waals surface area contributed by atoms with Gasteiger partial charge in [0.1, 0.15) is 11.4 Å². The predicted molar refractivity (Wildman–Crippen MR) is 90.0 cm³/mol. The third-order valence-electron chi connectivity index (χ3n) is 4.64. The Morgan fingerprint density at radius 2 is 2.09 bits per heavy atom. The number of likely N-dealkylation sites (tertiary alicyclic amines) is 1. The van der Waals surface area contributed by atoms with Gasteiger partial charge in [-0.25, -0.2) is 4.98 Å². The summed E-state index contributed by atoms with van der Waals surface area (Å²) in [4.78, 5) is 31.0. The Morgan fingerprint density at radius 3 is 2.87 bits per heavy atom. The van der Waals surface area contributed by atoms with Crippen LogP contribution in [0, 0.1) is 0 Å². The molecule has 0 saturated carbocycles. The van der Waals surface area contributed by atoms with E-state index in [9.17, 15) is 9.59 Å². The van der Waals surface area contributed by atoms with Crippen LogP contribution in [0.5, 0.6) is 0 Å². The first-order valence-electron chi connectivity index (χ1n) is 8.02. The number of rotatable bonds is 3. The first kappa shape index (κ1) is 15.5. The minimum absolute atomic E-state index is 0.0195. The second-order valence-corrected chi connectivity index (χ2v) is 6.11. The van der Waals surface area contributed by atoms with Crippen molar-refractivity contribution in [2.24, 2.45) is 0 Å². The largest absolute Gasteiger partial charge is 0.328 e. The van der Waals surface area contributed by atoms with Crippen molar-refractivity contribution < 1.29 is 9.59 Å². The topological polar surface area (TPSA) is 62.3 Å². The minimum Gasteiger partial charge on any atom is -0.328 e. The number of carbonyl (C=O) groups excluding carboxylic acids is 2. The average Bonchev–Trinajstić information content (AvgIpc) is 2.97. The van der Waals surface area contributed by atoms with Gasteiger partial charge in [-0.3, -0.25) is 9.59 Å². The van der Waals surface area contributed by atoms with Gasteiger partial charge in [-0.1, -0.05) is 31.2 Å². The molecule has 5 heteroatoms. The van der Waals surface area contributed by atoms with Gasteiger partial charge < -0.3 is 10.2 Å². The van der Waals surface area contributed by atoms with Crippen LogP contribution in [0.25, 0.3) is 10.8 Å². The smallest absolute Gasteiger partial charge is 0.251 e. The molecule has 0 spiro atoms. The van der Waals surface area contributed by atoms with Crippen molar-refractivity contribution >= 4 is 28.4 Å². The Kier molecular flexibility index (Phi) is 4.03. The number of pyridine rings is 1. The molecule has 23 heavy (non-hydrogen) atoms. The van der Waals surface area contributed by atoms with E-state index in [-0.39, 0.29) is 11.8 Å². The number of carbonyl (C=O) groups is 2. The van der Waals surface area contributed by atoms with Crippen LogP contribution in [0.3, 0.4) is 0 Å². The molecule has 1 aliphatic rings. The lowest BCUT2D eigenvalue weighted by atomic mass is 9.97. The summed E-state index contributed by atoms with van der Waals surface area (Å²) < 4.78 is 0. The molecule has 1 aliphatic heterocycles. The molecule has 5 nitrogen and oxygen atoms in total. The fraction of sp³-hybridized carbons (Fsp3) is 0.389. The summed E-state index contributed by atoms with van der Waals surface area (Å²) in [7, 11) is 0. The van der Waals surface area contributed by atoms with Crippen molar-refractivity contribution in [1.29, 1.82) is 0 Å². The number of hydrogen-bond donors (Lipinski definition) is 1. The summed E-state index contributed by atoms with van der Waals surface area (Å²) in [5.74, 6) is 0.400. The van der Waals surface area contributed by atoms with Crippen LogP contribution >= 0.6 is 0 Å². The summed E-state index contributed by atoms with van der Waals surface area (Å²) in [5.41, 5.74) is -0.800. The summed E-state index contributed by atoms with van der Waals surface area (Å²) in [6.07, 6.45) is 3.62. The number of fused-ring (bicyclic) bond motifs is 1. The molecule has 1 aromatic carbocycles. The Balaban J connectivity index is 1.90. The van der Waals surface area contributed by atoms with Gasteiger partial charge in [0, 0.05) is 24.5 Å². The van der Waals surface area contributed by atoms with E-state index in [1.165, 1.54) is 0 Å². The molecular weight excluding hydrogens is 290 g/mol. The van der Waals surface area contributed by atoms with Crippen molar-refractivity contribution in [2.75, 3.05) is 11.9 Å². The van der Waals surface area contributed by atoms with Crippen molar-refractivity contribution in [3.05, 3.63) is 36.5 Å². The molecular formula is C18H21N3O2. The standard InChI is InChI=1S/C18H21N3O2/c1-3-15(22)21-12-6-10-18(21,2)17(23)20-16-14-8-5-4-7-13(14)9-11-19-16/h4-5,7-9,11H,3,6,10,12H2,1-2H3,(H,19,20,23). The quantitative estimate of drug-likeness (QED) is 0.948. The Bertz CT molecular complexity index is 754. The van der Waals surface area contributed by atoms with Crippen LogP contribution in [-0.2, 0) is 9.59 Å². The maximum atomic E-state index is 12.9. The number of nitrogens with one attached hydrogen (secondary N) is 1. The molecule has 1 unspecified atom stereocenters. The van der Waals surface area contributed by atoms with Gasteiger partial charge in [0.05, 0.1) is 0 Å². The molecule has 0 bridgehead atoms. The number of aromatic nitrogens is 1. The second-order valence-electron chi connectivity index (χ2n) is 6.11.